The number of hydrogen-bond donors (Lipinski definition) is 1. The van der Waals surface area contributed by atoms with Crippen molar-refractivity contribution in [2.45, 2.75) is 36.0 Å². The van der Waals surface area contributed by atoms with Crippen LogP contribution < -0.4 is 0 Å². The first-order valence-electron chi connectivity index (χ1n) is 8.06. The van der Waals surface area contributed by atoms with E-state index < -0.39 is 0 Å². The summed E-state index contributed by atoms with van der Waals surface area (Å²) in [6.45, 7) is 1.07. The van der Waals surface area contributed by atoms with Crippen molar-refractivity contribution in [3.05, 3.63) is 68.3 Å². The molecule has 3 aromatic rings. The summed E-state index contributed by atoms with van der Waals surface area (Å²) in [6.07, 6.45) is 3.50. The van der Waals surface area contributed by atoms with Crippen molar-refractivity contribution in [3.63, 3.8) is 0 Å². The van der Waals surface area contributed by atoms with Crippen LogP contribution >= 0.6 is 46.3 Å². The zero-order valence-corrected chi connectivity index (χ0v) is 16.8. The molecule has 2 atom stereocenters. The third-order valence-electron chi connectivity index (χ3n) is 4.33. The van der Waals surface area contributed by atoms with Gasteiger partial charge in [0.1, 0.15) is 12.4 Å². The molecule has 4 rings (SSSR count). The minimum absolute atomic E-state index is 0.0841. The third-order valence-corrected chi connectivity index (χ3v) is 7.12. The Morgan fingerprint density at radius 1 is 1.27 bits per heavy atom. The standard InChI is InChI=1S/C18H16Cl2N2O2S2/c19-12-1-2-13-14(7-12)26-15(8-22-5-4-21-16(22)9-23)17(13)24-10-11-3-6-25-18(11)20/h1-7,15,17,23H,8-10H2/t15-,17-/m1/s1. The summed E-state index contributed by atoms with van der Waals surface area (Å²) in [5.41, 5.74) is 2.14. The smallest absolute Gasteiger partial charge is 0.134 e. The van der Waals surface area contributed by atoms with Gasteiger partial charge in [-0.3, -0.25) is 0 Å². The largest absolute Gasteiger partial charge is 0.388 e. The molecule has 0 saturated carbocycles. The molecule has 1 aromatic carbocycles. The first-order chi connectivity index (χ1) is 12.7. The fourth-order valence-corrected chi connectivity index (χ4v) is 5.62. The summed E-state index contributed by atoms with van der Waals surface area (Å²) in [5.74, 6) is 0.652. The molecule has 3 heterocycles. The van der Waals surface area contributed by atoms with E-state index in [1.807, 2.05) is 40.4 Å². The second-order valence-corrected chi connectivity index (χ2v) is 9.18. The van der Waals surface area contributed by atoms with E-state index >= 15 is 0 Å². The third kappa shape index (κ3) is 3.67. The van der Waals surface area contributed by atoms with Crippen molar-refractivity contribution in [2.24, 2.45) is 0 Å². The van der Waals surface area contributed by atoms with Crippen LogP contribution in [-0.4, -0.2) is 19.9 Å². The minimum atomic E-state index is -0.0859. The molecule has 2 aromatic heterocycles. The maximum atomic E-state index is 9.46. The van der Waals surface area contributed by atoms with Gasteiger partial charge in [0.25, 0.3) is 0 Å². The highest BCUT2D eigenvalue weighted by atomic mass is 35.5. The second kappa shape index (κ2) is 7.92. The zero-order chi connectivity index (χ0) is 18.1. The van der Waals surface area contributed by atoms with Gasteiger partial charge in [-0.1, -0.05) is 29.3 Å². The molecular weight excluding hydrogens is 411 g/mol. The summed E-state index contributed by atoms with van der Waals surface area (Å²) >= 11 is 15.6. The minimum Gasteiger partial charge on any atom is -0.388 e. The molecular formula is C18H16Cl2N2O2S2. The number of ether oxygens (including phenoxy) is 1. The molecule has 0 spiro atoms. The number of thiophene rings is 1. The quantitative estimate of drug-likeness (QED) is 0.589. The maximum absolute atomic E-state index is 9.46. The van der Waals surface area contributed by atoms with Crippen LogP contribution in [0.15, 0.2) is 46.9 Å². The van der Waals surface area contributed by atoms with Crippen LogP contribution in [-0.2, 0) is 24.5 Å². The fraction of sp³-hybridized carbons (Fsp3) is 0.278. The fourth-order valence-electron chi connectivity index (χ4n) is 3.05. The van der Waals surface area contributed by atoms with Gasteiger partial charge in [0.05, 0.1) is 22.3 Å². The predicted octanol–water partition coefficient (Wildman–Crippen LogP) is 5.18. The highest BCUT2D eigenvalue weighted by molar-refractivity contribution is 8.00. The summed E-state index contributed by atoms with van der Waals surface area (Å²) in [5, 5.41) is 12.3. The van der Waals surface area contributed by atoms with E-state index in [4.69, 9.17) is 27.9 Å². The number of fused-ring (bicyclic) bond motifs is 1. The van der Waals surface area contributed by atoms with E-state index in [2.05, 4.69) is 4.98 Å². The maximum Gasteiger partial charge on any atom is 0.134 e. The van der Waals surface area contributed by atoms with Gasteiger partial charge >= 0.3 is 0 Å². The van der Waals surface area contributed by atoms with Gasteiger partial charge in [0.15, 0.2) is 0 Å². The Morgan fingerprint density at radius 2 is 2.15 bits per heavy atom. The molecule has 4 nitrogen and oxygen atoms in total. The number of aliphatic hydroxyl groups is 1. The summed E-state index contributed by atoms with van der Waals surface area (Å²) in [7, 11) is 0. The number of hydrogen-bond acceptors (Lipinski definition) is 5. The van der Waals surface area contributed by atoms with Crippen LogP contribution in [0.5, 0.6) is 0 Å². The molecule has 0 aliphatic carbocycles. The lowest BCUT2D eigenvalue weighted by atomic mass is 10.1. The summed E-state index contributed by atoms with van der Waals surface area (Å²) in [4.78, 5) is 5.32. The Balaban J connectivity index is 1.58. The van der Waals surface area contributed by atoms with Crippen molar-refractivity contribution >= 4 is 46.3 Å². The molecule has 0 bridgehead atoms. The number of rotatable bonds is 6. The van der Waals surface area contributed by atoms with Crippen LogP contribution in [0.3, 0.4) is 0 Å². The number of halogens is 2. The van der Waals surface area contributed by atoms with E-state index in [1.54, 1.807) is 18.0 Å². The molecule has 1 aliphatic heterocycles. The number of nitrogens with zero attached hydrogens (tertiary/aromatic N) is 2. The average Bonchev–Trinajstić information content (AvgIpc) is 3.32. The van der Waals surface area contributed by atoms with Crippen LogP contribution in [0.4, 0.5) is 0 Å². The Kier molecular flexibility index (Phi) is 5.59. The van der Waals surface area contributed by atoms with Crippen molar-refractivity contribution in [2.75, 3.05) is 0 Å². The SMILES string of the molecule is OCc1nccn1C[C@H]1Sc2cc(Cl)ccc2[C@H]1OCc1ccsc1Cl. The van der Waals surface area contributed by atoms with Crippen LogP contribution in [0.25, 0.3) is 0 Å². The lowest BCUT2D eigenvalue weighted by molar-refractivity contribution is 0.0366. The first kappa shape index (κ1) is 18.3. The molecule has 0 fully saturated rings. The van der Waals surface area contributed by atoms with E-state index in [0.717, 1.165) is 25.4 Å². The molecule has 0 unspecified atom stereocenters. The summed E-state index contributed by atoms with van der Waals surface area (Å²) < 4.78 is 9.03. The summed E-state index contributed by atoms with van der Waals surface area (Å²) in [6, 6.07) is 7.90. The van der Waals surface area contributed by atoms with Gasteiger partial charge in [-0.15, -0.1) is 23.1 Å². The van der Waals surface area contributed by atoms with Gasteiger partial charge in [0, 0.05) is 34.4 Å². The Morgan fingerprint density at radius 3 is 2.92 bits per heavy atom. The average molecular weight is 427 g/mol. The predicted molar refractivity (Wildman–Crippen MR) is 106 cm³/mol. The number of thioether (sulfide) groups is 1. The molecule has 136 valence electrons. The van der Waals surface area contributed by atoms with Gasteiger partial charge in [-0.2, -0.15) is 0 Å². The van der Waals surface area contributed by atoms with E-state index in [0.29, 0.717) is 19.0 Å². The van der Waals surface area contributed by atoms with E-state index in [-0.39, 0.29) is 18.0 Å². The van der Waals surface area contributed by atoms with E-state index in [1.165, 1.54) is 11.3 Å². The molecule has 8 heteroatoms. The molecule has 1 N–H and O–H groups in total. The van der Waals surface area contributed by atoms with Gasteiger partial charge in [-0.05, 0) is 29.1 Å². The Bertz CT molecular complexity index is 912. The van der Waals surface area contributed by atoms with Crippen LogP contribution in [0.1, 0.15) is 23.1 Å². The van der Waals surface area contributed by atoms with Crippen LogP contribution in [0, 0.1) is 0 Å². The van der Waals surface area contributed by atoms with Gasteiger partial charge < -0.3 is 14.4 Å². The molecule has 1 aliphatic rings. The zero-order valence-electron chi connectivity index (χ0n) is 13.6. The normalized spacial score (nSPS) is 19.0. The first-order valence-corrected chi connectivity index (χ1v) is 10.6. The van der Waals surface area contributed by atoms with Crippen molar-refractivity contribution in [3.8, 4) is 0 Å². The Labute approximate surface area is 169 Å². The highest BCUT2D eigenvalue weighted by Crippen LogP contribution is 2.48. The molecule has 0 amide bonds. The topological polar surface area (TPSA) is 47.3 Å². The number of imidazole rings is 1. The number of benzene rings is 1. The lowest BCUT2D eigenvalue weighted by Gasteiger charge is -2.21. The van der Waals surface area contributed by atoms with Crippen molar-refractivity contribution in [1.29, 1.82) is 0 Å². The van der Waals surface area contributed by atoms with Crippen LogP contribution in [0.2, 0.25) is 9.36 Å². The number of aromatic nitrogens is 2. The van der Waals surface area contributed by atoms with E-state index in [9.17, 15) is 5.11 Å². The van der Waals surface area contributed by atoms with Gasteiger partial charge in [-0.25, -0.2) is 4.98 Å². The molecule has 0 radical (unpaired) electrons. The van der Waals surface area contributed by atoms with Crippen molar-refractivity contribution in [1.82, 2.24) is 9.55 Å². The molecule has 26 heavy (non-hydrogen) atoms. The van der Waals surface area contributed by atoms with Crippen molar-refractivity contribution < 1.29 is 9.84 Å². The molecule has 0 saturated heterocycles. The Hall–Kier alpha value is -1.02. The lowest BCUT2D eigenvalue weighted by Crippen LogP contribution is -2.21. The number of aliphatic hydroxyl groups excluding tert-OH is 1. The van der Waals surface area contributed by atoms with Gasteiger partial charge in [0.2, 0.25) is 0 Å². The second-order valence-electron chi connectivity index (χ2n) is 5.94. The highest BCUT2D eigenvalue weighted by Gasteiger charge is 2.35. The monoisotopic (exact) mass is 426 g/mol.